The van der Waals surface area contributed by atoms with Crippen LogP contribution in [0.4, 0.5) is 5.69 Å². The molecule has 0 atom stereocenters. The van der Waals surface area contributed by atoms with Crippen molar-refractivity contribution in [2.24, 2.45) is 0 Å². The smallest absolute Gasteiger partial charge is 0.231 e. The highest BCUT2D eigenvalue weighted by molar-refractivity contribution is 7.92. The molecule has 0 amide bonds. The Morgan fingerprint density at radius 1 is 1.18 bits per heavy atom. The first kappa shape index (κ1) is 14.9. The monoisotopic (exact) mass is 335 g/mol. The first-order valence-corrected chi connectivity index (χ1v) is 8.76. The third kappa shape index (κ3) is 2.67. The van der Waals surface area contributed by atoms with Crippen LogP contribution in [0.1, 0.15) is 0 Å². The van der Waals surface area contributed by atoms with Gasteiger partial charge in [-0.3, -0.25) is 9.40 Å². The zero-order valence-corrected chi connectivity index (χ0v) is 13.6. The van der Waals surface area contributed by atoms with E-state index in [4.69, 9.17) is 11.6 Å². The molecule has 2 aromatic carbocycles. The minimum atomic E-state index is -3.27. The van der Waals surface area contributed by atoms with Gasteiger partial charge < -0.3 is 0 Å². The lowest BCUT2D eigenvalue weighted by Gasteiger charge is -2.17. The van der Waals surface area contributed by atoms with Gasteiger partial charge in [-0.15, -0.1) is 0 Å². The fourth-order valence-electron chi connectivity index (χ4n) is 2.30. The first-order chi connectivity index (χ1) is 10.4. The van der Waals surface area contributed by atoms with E-state index in [0.29, 0.717) is 10.7 Å². The quantitative estimate of drug-likeness (QED) is 0.798. The molecule has 3 rings (SSSR count). The van der Waals surface area contributed by atoms with E-state index in [1.807, 2.05) is 24.3 Å². The summed E-state index contributed by atoms with van der Waals surface area (Å²) in [6.45, 7) is 0. The van der Waals surface area contributed by atoms with Crippen molar-refractivity contribution in [2.75, 3.05) is 17.6 Å². The van der Waals surface area contributed by atoms with Gasteiger partial charge in [0.1, 0.15) is 0 Å². The van der Waals surface area contributed by atoms with Crippen LogP contribution >= 0.6 is 11.6 Å². The fraction of sp³-hybridized carbons (Fsp3) is 0.133. The molecule has 0 aliphatic heterocycles. The number of aromatic nitrogens is 2. The average molecular weight is 336 g/mol. The SMILES string of the molecule is CN(c1ccc(-c2cc(Cl)cc3[nH]ncc23)cc1)S(C)(=O)=O. The van der Waals surface area contributed by atoms with Crippen LogP contribution in [0.3, 0.4) is 0 Å². The lowest BCUT2D eigenvalue weighted by Crippen LogP contribution is -2.24. The summed E-state index contributed by atoms with van der Waals surface area (Å²) in [5.74, 6) is 0. The molecular weight excluding hydrogens is 322 g/mol. The molecule has 0 spiro atoms. The average Bonchev–Trinajstić information content (AvgIpc) is 2.93. The molecule has 0 aliphatic rings. The summed E-state index contributed by atoms with van der Waals surface area (Å²) in [7, 11) is -1.74. The second kappa shape index (κ2) is 5.30. The highest BCUT2D eigenvalue weighted by atomic mass is 35.5. The predicted molar refractivity (Wildman–Crippen MR) is 89.8 cm³/mol. The third-order valence-electron chi connectivity index (χ3n) is 3.56. The van der Waals surface area contributed by atoms with Crippen LogP contribution < -0.4 is 4.31 Å². The Morgan fingerprint density at radius 3 is 2.50 bits per heavy atom. The van der Waals surface area contributed by atoms with Gasteiger partial charge in [0, 0.05) is 17.5 Å². The van der Waals surface area contributed by atoms with Crippen LogP contribution in [-0.2, 0) is 10.0 Å². The number of nitrogens with one attached hydrogen (secondary N) is 1. The zero-order chi connectivity index (χ0) is 15.9. The lowest BCUT2D eigenvalue weighted by atomic mass is 10.0. The maximum Gasteiger partial charge on any atom is 0.231 e. The molecule has 1 heterocycles. The Kier molecular flexibility index (Phi) is 3.58. The number of anilines is 1. The Bertz CT molecular complexity index is 933. The molecule has 0 radical (unpaired) electrons. The molecule has 0 bridgehead atoms. The summed E-state index contributed by atoms with van der Waals surface area (Å²) in [4.78, 5) is 0. The molecule has 0 aliphatic carbocycles. The van der Waals surface area contributed by atoms with E-state index < -0.39 is 10.0 Å². The minimum absolute atomic E-state index is 0.608. The normalized spacial score (nSPS) is 11.8. The van der Waals surface area contributed by atoms with Crippen LogP contribution in [0.15, 0.2) is 42.6 Å². The maximum atomic E-state index is 11.6. The maximum absolute atomic E-state index is 11.6. The van der Waals surface area contributed by atoms with Gasteiger partial charge in [-0.25, -0.2) is 8.42 Å². The summed E-state index contributed by atoms with van der Waals surface area (Å²) < 4.78 is 24.4. The van der Waals surface area contributed by atoms with Crippen LogP contribution in [-0.4, -0.2) is 31.9 Å². The largest absolute Gasteiger partial charge is 0.278 e. The molecule has 0 fully saturated rings. The van der Waals surface area contributed by atoms with Crippen LogP contribution in [0, 0.1) is 0 Å². The number of H-pyrrole nitrogens is 1. The number of hydrogen-bond donors (Lipinski definition) is 1. The highest BCUT2D eigenvalue weighted by Gasteiger charge is 2.13. The number of benzene rings is 2. The van der Waals surface area contributed by atoms with Crippen molar-refractivity contribution in [1.29, 1.82) is 0 Å². The number of sulfonamides is 1. The van der Waals surface area contributed by atoms with Gasteiger partial charge in [-0.1, -0.05) is 23.7 Å². The van der Waals surface area contributed by atoms with E-state index in [2.05, 4.69) is 10.2 Å². The van der Waals surface area contributed by atoms with E-state index >= 15 is 0 Å². The van der Waals surface area contributed by atoms with Gasteiger partial charge in [0.25, 0.3) is 0 Å². The first-order valence-electron chi connectivity index (χ1n) is 6.53. The number of nitrogens with zero attached hydrogens (tertiary/aromatic N) is 2. The summed E-state index contributed by atoms with van der Waals surface area (Å²) >= 11 is 6.14. The van der Waals surface area contributed by atoms with E-state index in [0.717, 1.165) is 22.0 Å². The second-order valence-corrected chi connectivity index (χ2v) is 7.51. The van der Waals surface area contributed by atoms with E-state index in [9.17, 15) is 8.42 Å². The van der Waals surface area contributed by atoms with E-state index in [-0.39, 0.29) is 0 Å². The molecule has 5 nitrogen and oxygen atoms in total. The molecular formula is C15H14ClN3O2S. The molecule has 7 heteroatoms. The van der Waals surface area contributed by atoms with Gasteiger partial charge in [-0.2, -0.15) is 5.10 Å². The standard InChI is InChI=1S/C15H14ClN3O2S/c1-19(22(2,20)21)12-5-3-10(4-6-12)13-7-11(16)8-15-14(13)9-17-18-15/h3-9H,1-2H3,(H,17,18). The summed E-state index contributed by atoms with van der Waals surface area (Å²) in [6, 6.07) is 11.0. The molecule has 0 saturated carbocycles. The molecule has 1 N–H and O–H groups in total. The molecule has 1 aromatic heterocycles. The van der Waals surface area contributed by atoms with Crippen molar-refractivity contribution >= 4 is 38.2 Å². The number of aromatic amines is 1. The van der Waals surface area contributed by atoms with Crippen LogP contribution in [0.2, 0.25) is 5.02 Å². The van der Waals surface area contributed by atoms with E-state index in [1.54, 1.807) is 18.3 Å². The fourth-order valence-corrected chi connectivity index (χ4v) is 3.02. The summed E-state index contributed by atoms with van der Waals surface area (Å²) in [5, 5.41) is 8.51. The van der Waals surface area contributed by atoms with Crippen molar-refractivity contribution in [1.82, 2.24) is 10.2 Å². The van der Waals surface area contributed by atoms with E-state index in [1.165, 1.54) is 17.6 Å². The number of fused-ring (bicyclic) bond motifs is 1. The lowest BCUT2D eigenvalue weighted by molar-refractivity contribution is 0.600. The molecule has 0 unspecified atom stereocenters. The second-order valence-electron chi connectivity index (χ2n) is 5.06. The van der Waals surface area contributed by atoms with Gasteiger partial charge >= 0.3 is 0 Å². The minimum Gasteiger partial charge on any atom is -0.278 e. The number of halogens is 1. The Hall–Kier alpha value is -2.05. The Morgan fingerprint density at radius 2 is 1.86 bits per heavy atom. The van der Waals surface area contributed by atoms with Crippen molar-refractivity contribution in [3.8, 4) is 11.1 Å². The Balaban J connectivity index is 2.07. The summed E-state index contributed by atoms with van der Waals surface area (Å²) in [6.07, 6.45) is 2.92. The van der Waals surface area contributed by atoms with Crippen LogP contribution in [0.5, 0.6) is 0 Å². The van der Waals surface area contributed by atoms with Gasteiger partial charge in [-0.05, 0) is 35.4 Å². The summed E-state index contributed by atoms with van der Waals surface area (Å²) in [5.41, 5.74) is 3.36. The molecule has 3 aromatic rings. The predicted octanol–water partition coefficient (Wildman–Crippen LogP) is 3.28. The molecule has 22 heavy (non-hydrogen) atoms. The van der Waals surface area contributed by atoms with Gasteiger partial charge in [0.15, 0.2) is 0 Å². The number of rotatable bonds is 3. The highest BCUT2D eigenvalue weighted by Crippen LogP contribution is 2.32. The van der Waals surface area contributed by atoms with Gasteiger partial charge in [0.2, 0.25) is 10.0 Å². The third-order valence-corrected chi connectivity index (χ3v) is 4.99. The topological polar surface area (TPSA) is 66.1 Å². The molecule has 114 valence electrons. The van der Waals surface area contributed by atoms with Crippen molar-refractivity contribution in [3.63, 3.8) is 0 Å². The Labute approximate surface area is 133 Å². The van der Waals surface area contributed by atoms with Gasteiger partial charge in [0.05, 0.1) is 23.7 Å². The molecule has 0 saturated heterocycles. The number of hydrogen-bond acceptors (Lipinski definition) is 3. The zero-order valence-electron chi connectivity index (χ0n) is 12.0. The van der Waals surface area contributed by atoms with Crippen molar-refractivity contribution in [2.45, 2.75) is 0 Å². The van der Waals surface area contributed by atoms with Crippen molar-refractivity contribution in [3.05, 3.63) is 47.6 Å². The van der Waals surface area contributed by atoms with Crippen molar-refractivity contribution < 1.29 is 8.42 Å². The van der Waals surface area contributed by atoms with Crippen LogP contribution in [0.25, 0.3) is 22.0 Å².